The number of pyridine rings is 1. The van der Waals surface area contributed by atoms with Gasteiger partial charge in [0.1, 0.15) is 17.5 Å². The Morgan fingerprint density at radius 2 is 2.12 bits per heavy atom. The van der Waals surface area contributed by atoms with Gasteiger partial charge in [0.25, 0.3) is 0 Å². The zero-order chi connectivity index (χ0) is 12.3. The first-order chi connectivity index (χ1) is 8.09. The quantitative estimate of drug-likeness (QED) is 0.783. The van der Waals surface area contributed by atoms with Gasteiger partial charge >= 0.3 is 0 Å². The number of hydrogen-bond donors (Lipinski definition) is 0. The van der Waals surface area contributed by atoms with Crippen LogP contribution in [0.1, 0.15) is 45.2 Å². The topological polar surface area (TPSA) is 45.9 Å². The van der Waals surface area contributed by atoms with Gasteiger partial charge in [-0.05, 0) is 37.2 Å². The van der Waals surface area contributed by atoms with E-state index in [2.05, 4.69) is 18.8 Å². The molecular formula is C14H18N2O. The second-order valence-electron chi connectivity index (χ2n) is 5.47. The van der Waals surface area contributed by atoms with E-state index in [9.17, 15) is 0 Å². The molecule has 0 radical (unpaired) electrons. The van der Waals surface area contributed by atoms with Crippen molar-refractivity contribution in [3.05, 3.63) is 24.0 Å². The van der Waals surface area contributed by atoms with Crippen molar-refractivity contribution in [2.75, 3.05) is 0 Å². The summed E-state index contributed by atoms with van der Waals surface area (Å²) in [6, 6.07) is 5.55. The molecule has 1 aromatic heterocycles. The molecule has 3 nitrogen and oxygen atoms in total. The zero-order valence-corrected chi connectivity index (χ0v) is 10.4. The summed E-state index contributed by atoms with van der Waals surface area (Å²) in [5.41, 5.74) is 0.870. The first-order valence-corrected chi connectivity index (χ1v) is 6.12. The van der Waals surface area contributed by atoms with Crippen LogP contribution in [-0.4, -0.2) is 11.1 Å². The smallest absolute Gasteiger partial charge is 0.144 e. The van der Waals surface area contributed by atoms with Gasteiger partial charge in [0, 0.05) is 12.3 Å². The number of nitriles is 1. The van der Waals surface area contributed by atoms with Crippen molar-refractivity contribution in [2.24, 2.45) is 5.41 Å². The zero-order valence-electron chi connectivity index (χ0n) is 10.4. The number of hydrogen-bond acceptors (Lipinski definition) is 3. The number of nitrogens with zero attached hydrogens (tertiary/aromatic N) is 2. The molecule has 1 aliphatic carbocycles. The Balaban J connectivity index is 1.96. The molecule has 1 heterocycles. The second kappa shape index (κ2) is 4.75. The molecule has 2 rings (SSSR count). The minimum absolute atomic E-state index is 0.289. The van der Waals surface area contributed by atoms with E-state index in [1.165, 1.54) is 12.8 Å². The summed E-state index contributed by atoms with van der Waals surface area (Å²) in [5.74, 6) is 0.765. The Kier molecular flexibility index (Phi) is 3.33. The van der Waals surface area contributed by atoms with E-state index in [4.69, 9.17) is 10.00 Å². The van der Waals surface area contributed by atoms with Crippen molar-refractivity contribution in [1.82, 2.24) is 4.98 Å². The summed E-state index contributed by atoms with van der Waals surface area (Å²) >= 11 is 0. The van der Waals surface area contributed by atoms with Gasteiger partial charge in [-0.1, -0.05) is 13.8 Å². The molecule has 0 amide bonds. The van der Waals surface area contributed by atoms with Crippen LogP contribution in [0.5, 0.6) is 5.75 Å². The van der Waals surface area contributed by atoms with Gasteiger partial charge in [-0.2, -0.15) is 5.26 Å². The predicted molar refractivity (Wildman–Crippen MR) is 65.6 cm³/mol. The molecule has 0 atom stereocenters. The van der Waals surface area contributed by atoms with Crippen LogP contribution in [0.15, 0.2) is 18.3 Å². The van der Waals surface area contributed by atoms with Crippen LogP contribution < -0.4 is 4.74 Å². The summed E-state index contributed by atoms with van der Waals surface area (Å²) in [6.07, 6.45) is 6.51. The first kappa shape index (κ1) is 11.9. The molecule has 0 bridgehead atoms. The first-order valence-electron chi connectivity index (χ1n) is 6.12. The third-order valence-corrected chi connectivity index (χ3v) is 3.43. The highest BCUT2D eigenvalue weighted by Crippen LogP contribution is 2.36. The highest BCUT2D eigenvalue weighted by molar-refractivity contribution is 5.29. The van der Waals surface area contributed by atoms with Crippen LogP contribution in [-0.2, 0) is 0 Å². The summed E-state index contributed by atoms with van der Waals surface area (Å²) in [6.45, 7) is 4.62. The largest absolute Gasteiger partial charge is 0.490 e. The van der Waals surface area contributed by atoms with Gasteiger partial charge in [-0.3, -0.25) is 0 Å². The lowest BCUT2D eigenvalue weighted by molar-refractivity contribution is 0.0987. The van der Waals surface area contributed by atoms with E-state index >= 15 is 0 Å². The lowest BCUT2D eigenvalue weighted by atomic mass is 9.76. The lowest BCUT2D eigenvalue weighted by Gasteiger charge is -2.34. The molecule has 1 aromatic rings. The van der Waals surface area contributed by atoms with Crippen LogP contribution in [0.4, 0.5) is 0 Å². The number of aromatic nitrogens is 1. The van der Waals surface area contributed by atoms with Crippen molar-refractivity contribution in [1.29, 1.82) is 5.26 Å². The standard InChI is InChI=1S/C14H18N2O/c1-14(2)6-3-12(4-7-14)17-13-5-8-16-11(9-13)10-15/h5,8-9,12H,3-4,6-7H2,1-2H3. The summed E-state index contributed by atoms with van der Waals surface area (Å²) in [4.78, 5) is 3.93. The van der Waals surface area contributed by atoms with Crippen LogP contribution >= 0.6 is 0 Å². The van der Waals surface area contributed by atoms with Crippen molar-refractivity contribution in [2.45, 2.75) is 45.6 Å². The van der Waals surface area contributed by atoms with Crippen molar-refractivity contribution in [3.8, 4) is 11.8 Å². The fourth-order valence-corrected chi connectivity index (χ4v) is 2.23. The molecular weight excluding hydrogens is 212 g/mol. The van der Waals surface area contributed by atoms with Gasteiger partial charge in [-0.25, -0.2) is 4.98 Å². The molecule has 1 fully saturated rings. The van der Waals surface area contributed by atoms with Crippen LogP contribution in [0.25, 0.3) is 0 Å². The molecule has 0 saturated heterocycles. The molecule has 0 aromatic carbocycles. The van der Waals surface area contributed by atoms with E-state index < -0.39 is 0 Å². The maximum Gasteiger partial charge on any atom is 0.144 e. The lowest BCUT2D eigenvalue weighted by Crippen LogP contribution is -2.28. The van der Waals surface area contributed by atoms with Crippen molar-refractivity contribution >= 4 is 0 Å². The molecule has 0 aliphatic heterocycles. The molecule has 3 heteroatoms. The fourth-order valence-electron chi connectivity index (χ4n) is 2.23. The Labute approximate surface area is 102 Å². The minimum Gasteiger partial charge on any atom is -0.490 e. The highest BCUT2D eigenvalue weighted by atomic mass is 16.5. The van der Waals surface area contributed by atoms with Crippen LogP contribution in [0.2, 0.25) is 0 Å². The third kappa shape index (κ3) is 3.20. The highest BCUT2D eigenvalue weighted by Gasteiger charge is 2.27. The third-order valence-electron chi connectivity index (χ3n) is 3.43. The van der Waals surface area contributed by atoms with Gasteiger partial charge in [0.2, 0.25) is 0 Å². The average molecular weight is 230 g/mol. The molecule has 0 spiro atoms. The van der Waals surface area contributed by atoms with Gasteiger partial charge < -0.3 is 4.74 Å². The van der Waals surface area contributed by atoms with E-state index in [0.29, 0.717) is 11.1 Å². The van der Waals surface area contributed by atoms with Crippen molar-refractivity contribution in [3.63, 3.8) is 0 Å². The Morgan fingerprint density at radius 3 is 2.76 bits per heavy atom. The summed E-state index contributed by atoms with van der Waals surface area (Å²) < 4.78 is 5.90. The number of ether oxygens (including phenoxy) is 1. The Bertz CT molecular complexity index is 424. The predicted octanol–water partition coefficient (Wildman–Crippen LogP) is 3.30. The van der Waals surface area contributed by atoms with E-state index in [1.54, 1.807) is 12.3 Å². The molecule has 1 aliphatic rings. The van der Waals surface area contributed by atoms with Crippen LogP contribution in [0, 0.1) is 16.7 Å². The van der Waals surface area contributed by atoms with Gasteiger partial charge in [0.05, 0.1) is 6.10 Å². The summed E-state index contributed by atoms with van der Waals surface area (Å²) in [7, 11) is 0. The average Bonchev–Trinajstić information content (AvgIpc) is 2.32. The second-order valence-corrected chi connectivity index (χ2v) is 5.47. The normalized spacial score (nSPS) is 19.6. The minimum atomic E-state index is 0.289. The molecule has 90 valence electrons. The van der Waals surface area contributed by atoms with Gasteiger partial charge in [0.15, 0.2) is 0 Å². The molecule has 0 unspecified atom stereocenters. The number of rotatable bonds is 2. The van der Waals surface area contributed by atoms with E-state index in [1.807, 2.05) is 12.1 Å². The Morgan fingerprint density at radius 1 is 1.41 bits per heavy atom. The molecule has 0 N–H and O–H groups in total. The SMILES string of the molecule is CC1(C)CCC(Oc2ccnc(C#N)c2)CC1. The summed E-state index contributed by atoms with van der Waals surface area (Å²) in [5, 5.41) is 8.77. The monoisotopic (exact) mass is 230 g/mol. The van der Waals surface area contributed by atoms with E-state index in [0.717, 1.165) is 18.6 Å². The van der Waals surface area contributed by atoms with Crippen molar-refractivity contribution < 1.29 is 4.74 Å². The van der Waals surface area contributed by atoms with Crippen LogP contribution in [0.3, 0.4) is 0 Å². The molecule has 17 heavy (non-hydrogen) atoms. The van der Waals surface area contributed by atoms with E-state index in [-0.39, 0.29) is 6.10 Å². The maximum absolute atomic E-state index is 8.77. The fraction of sp³-hybridized carbons (Fsp3) is 0.571. The Hall–Kier alpha value is -1.56. The van der Waals surface area contributed by atoms with Gasteiger partial charge in [-0.15, -0.1) is 0 Å². The maximum atomic E-state index is 8.77. The molecule has 1 saturated carbocycles.